The van der Waals surface area contributed by atoms with Crippen molar-refractivity contribution in [2.75, 3.05) is 5.32 Å². The molecule has 0 saturated heterocycles. The molecule has 2 heterocycles. The van der Waals surface area contributed by atoms with Gasteiger partial charge in [0.15, 0.2) is 0 Å². The van der Waals surface area contributed by atoms with E-state index in [4.69, 9.17) is 11.6 Å². The van der Waals surface area contributed by atoms with Gasteiger partial charge in [-0.1, -0.05) is 22.4 Å². The number of rotatable bonds is 3. The number of fused-ring (bicyclic) bond motifs is 1. The Bertz CT molecular complexity index is 972. The fourth-order valence-corrected chi connectivity index (χ4v) is 4.10. The van der Waals surface area contributed by atoms with Crippen molar-refractivity contribution in [3.8, 4) is 0 Å². The second-order valence-electron chi connectivity index (χ2n) is 6.74. The standard InChI is InChI=1S/C19H19BrN6/c1-21-15-10-22-19(23-11-15)24-14-5-3-4-12(8-14)18-25-16-9-13(20)6-7-17(16)26(18)2/h6-7,9-12,14H,3-5,8H2,2H3,(H,22,23,24)/t12-,14+/m0/s1. The van der Waals surface area contributed by atoms with E-state index >= 15 is 0 Å². The molecule has 6 nitrogen and oxygen atoms in total. The van der Waals surface area contributed by atoms with Crippen LogP contribution in [0.5, 0.6) is 0 Å². The zero-order valence-corrected chi connectivity index (χ0v) is 16.1. The van der Waals surface area contributed by atoms with Crippen LogP contribution in [0.4, 0.5) is 11.6 Å². The molecule has 0 radical (unpaired) electrons. The quantitative estimate of drug-likeness (QED) is 0.628. The molecule has 132 valence electrons. The van der Waals surface area contributed by atoms with Crippen molar-refractivity contribution in [2.24, 2.45) is 7.05 Å². The lowest BCUT2D eigenvalue weighted by atomic mass is 9.85. The van der Waals surface area contributed by atoms with E-state index in [0.717, 1.165) is 47.0 Å². The third kappa shape index (κ3) is 3.29. The molecule has 0 unspecified atom stereocenters. The van der Waals surface area contributed by atoms with Crippen LogP contribution < -0.4 is 5.32 Å². The van der Waals surface area contributed by atoms with Crippen LogP contribution >= 0.6 is 15.9 Å². The Morgan fingerprint density at radius 1 is 1.27 bits per heavy atom. The van der Waals surface area contributed by atoms with Crippen molar-refractivity contribution in [3.05, 3.63) is 52.3 Å². The van der Waals surface area contributed by atoms with Crippen molar-refractivity contribution in [3.63, 3.8) is 0 Å². The second-order valence-corrected chi connectivity index (χ2v) is 7.66. The van der Waals surface area contributed by atoms with Crippen molar-refractivity contribution in [1.29, 1.82) is 0 Å². The van der Waals surface area contributed by atoms with E-state index in [9.17, 15) is 0 Å². The minimum Gasteiger partial charge on any atom is -0.352 e. The number of nitrogens with one attached hydrogen (secondary N) is 1. The molecule has 1 fully saturated rings. The number of imidazole rings is 1. The highest BCUT2D eigenvalue weighted by atomic mass is 79.9. The summed E-state index contributed by atoms with van der Waals surface area (Å²) in [5.41, 5.74) is 2.66. The molecule has 1 N–H and O–H groups in total. The first kappa shape index (κ1) is 17.0. The van der Waals surface area contributed by atoms with Gasteiger partial charge in [0.05, 0.1) is 17.6 Å². The SMILES string of the molecule is [C-]#[N+]c1cnc(N[C@@H]2CCC[C@H](c3nc4cc(Br)ccc4n3C)C2)nc1. The van der Waals surface area contributed by atoms with Crippen LogP contribution in [0.2, 0.25) is 0 Å². The Balaban J connectivity index is 1.53. The van der Waals surface area contributed by atoms with Gasteiger partial charge in [-0.05, 0) is 37.5 Å². The molecule has 1 aliphatic rings. The zero-order valence-electron chi connectivity index (χ0n) is 14.5. The van der Waals surface area contributed by atoms with Crippen LogP contribution in [0.15, 0.2) is 35.1 Å². The van der Waals surface area contributed by atoms with E-state index < -0.39 is 0 Å². The van der Waals surface area contributed by atoms with Crippen LogP contribution in [0.25, 0.3) is 15.9 Å². The topological polar surface area (TPSA) is 60.0 Å². The summed E-state index contributed by atoms with van der Waals surface area (Å²) in [5.74, 6) is 2.16. The average molecular weight is 411 g/mol. The van der Waals surface area contributed by atoms with Gasteiger partial charge in [0, 0.05) is 35.9 Å². The second kappa shape index (κ2) is 7.04. The van der Waals surface area contributed by atoms with Crippen molar-refractivity contribution in [1.82, 2.24) is 19.5 Å². The van der Waals surface area contributed by atoms with E-state index in [-0.39, 0.29) is 0 Å². The molecule has 0 spiro atoms. The molecule has 2 aromatic heterocycles. The lowest BCUT2D eigenvalue weighted by Gasteiger charge is -2.29. The molecule has 26 heavy (non-hydrogen) atoms. The van der Waals surface area contributed by atoms with Crippen molar-refractivity contribution >= 4 is 38.6 Å². The number of nitrogens with zero attached hydrogens (tertiary/aromatic N) is 5. The summed E-state index contributed by atoms with van der Waals surface area (Å²) in [6.45, 7) is 6.98. The van der Waals surface area contributed by atoms with Gasteiger partial charge >= 0.3 is 0 Å². The van der Waals surface area contributed by atoms with Gasteiger partial charge < -0.3 is 9.88 Å². The Labute approximate surface area is 160 Å². The van der Waals surface area contributed by atoms with E-state index in [1.165, 1.54) is 0 Å². The highest BCUT2D eigenvalue weighted by molar-refractivity contribution is 9.10. The Kier molecular flexibility index (Phi) is 4.60. The molecule has 1 saturated carbocycles. The predicted molar refractivity (Wildman–Crippen MR) is 105 cm³/mol. The number of aryl methyl sites for hydroxylation is 1. The fourth-order valence-electron chi connectivity index (χ4n) is 3.75. The van der Waals surface area contributed by atoms with E-state index in [1.807, 2.05) is 0 Å². The normalized spacial score (nSPS) is 20.0. The molecular weight excluding hydrogens is 392 g/mol. The van der Waals surface area contributed by atoms with Crippen LogP contribution in [0.3, 0.4) is 0 Å². The molecule has 4 rings (SSSR count). The summed E-state index contributed by atoms with van der Waals surface area (Å²) in [6, 6.07) is 6.56. The summed E-state index contributed by atoms with van der Waals surface area (Å²) in [7, 11) is 2.10. The number of halogens is 1. The highest BCUT2D eigenvalue weighted by Crippen LogP contribution is 2.35. The largest absolute Gasteiger partial charge is 0.352 e. The summed E-state index contributed by atoms with van der Waals surface area (Å²) < 4.78 is 3.27. The maximum atomic E-state index is 6.98. The van der Waals surface area contributed by atoms with Crippen LogP contribution in [-0.4, -0.2) is 25.6 Å². The summed E-state index contributed by atoms with van der Waals surface area (Å²) in [4.78, 5) is 16.7. The summed E-state index contributed by atoms with van der Waals surface area (Å²) >= 11 is 3.53. The third-order valence-electron chi connectivity index (χ3n) is 5.02. The first-order valence-corrected chi connectivity index (χ1v) is 9.51. The number of benzene rings is 1. The zero-order chi connectivity index (χ0) is 18.1. The molecule has 0 bridgehead atoms. The summed E-state index contributed by atoms with van der Waals surface area (Å²) in [5, 5.41) is 3.42. The lowest BCUT2D eigenvalue weighted by Crippen LogP contribution is -2.28. The molecule has 0 amide bonds. The molecule has 7 heteroatoms. The Morgan fingerprint density at radius 2 is 2.08 bits per heavy atom. The molecule has 3 aromatic rings. The van der Waals surface area contributed by atoms with Gasteiger partial charge in [0.25, 0.3) is 0 Å². The molecule has 1 aliphatic carbocycles. The van der Waals surface area contributed by atoms with Crippen molar-refractivity contribution in [2.45, 2.75) is 37.6 Å². The molecule has 0 aliphatic heterocycles. The fraction of sp³-hybridized carbons (Fsp3) is 0.368. The Hall–Kier alpha value is -2.46. The molecule has 2 atom stereocenters. The molecular formula is C19H19BrN6. The summed E-state index contributed by atoms with van der Waals surface area (Å²) in [6.07, 6.45) is 7.52. The third-order valence-corrected chi connectivity index (χ3v) is 5.51. The van der Waals surface area contributed by atoms with Gasteiger partial charge in [0.1, 0.15) is 5.82 Å². The average Bonchev–Trinajstić information content (AvgIpc) is 2.98. The van der Waals surface area contributed by atoms with Gasteiger partial charge in [0.2, 0.25) is 11.6 Å². The van der Waals surface area contributed by atoms with E-state index in [2.05, 4.69) is 65.9 Å². The number of anilines is 1. The number of aromatic nitrogens is 4. The van der Waals surface area contributed by atoms with Gasteiger partial charge in [-0.3, -0.25) is 0 Å². The number of hydrogen-bond acceptors (Lipinski definition) is 4. The van der Waals surface area contributed by atoms with Gasteiger partial charge in [-0.15, -0.1) is 0 Å². The highest BCUT2D eigenvalue weighted by Gasteiger charge is 2.27. The van der Waals surface area contributed by atoms with Crippen LogP contribution in [0.1, 0.15) is 37.4 Å². The van der Waals surface area contributed by atoms with E-state index in [1.54, 1.807) is 12.4 Å². The smallest absolute Gasteiger partial charge is 0.223 e. The van der Waals surface area contributed by atoms with Crippen molar-refractivity contribution < 1.29 is 0 Å². The Morgan fingerprint density at radius 3 is 2.85 bits per heavy atom. The van der Waals surface area contributed by atoms with Crippen LogP contribution in [0, 0.1) is 6.57 Å². The van der Waals surface area contributed by atoms with Gasteiger partial charge in [-0.2, -0.15) is 0 Å². The minimum atomic E-state index is 0.319. The maximum Gasteiger partial charge on any atom is 0.223 e. The van der Waals surface area contributed by atoms with Crippen LogP contribution in [-0.2, 0) is 7.05 Å². The minimum absolute atomic E-state index is 0.319. The first-order valence-electron chi connectivity index (χ1n) is 8.72. The van der Waals surface area contributed by atoms with E-state index in [0.29, 0.717) is 23.6 Å². The monoisotopic (exact) mass is 410 g/mol. The number of hydrogen-bond donors (Lipinski definition) is 1. The lowest BCUT2D eigenvalue weighted by molar-refractivity contribution is 0.392. The molecule has 1 aromatic carbocycles. The maximum absolute atomic E-state index is 6.98. The first-order chi connectivity index (χ1) is 12.6. The van der Waals surface area contributed by atoms with Gasteiger partial charge in [-0.25, -0.2) is 19.8 Å². The predicted octanol–water partition coefficient (Wildman–Crippen LogP) is 4.81.